The van der Waals surface area contributed by atoms with Crippen LogP contribution in [-0.2, 0) is 59.5 Å². The number of methoxy groups -OCH3 is 1. The average Bonchev–Trinajstić information content (AvgIpc) is 3.98. The van der Waals surface area contributed by atoms with Crippen LogP contribution in [0.1, 0.15) is 103 Å². The van der Waals surface area contributed by atoms with E-state index in [0.29, 0.717) is 49.9 Å². The highest BCUT2D eigenvalue weighted by atomic mass is 19.1. The van der Waals surface area contributed by atoms with Gasteiger partial charge < -0.3 is 29.2 Å². The van der Waals surface area contributed by atoms with Gasteiger partial charge in [0.1, 0.15) is 24.8 Å². The van der Waals surface area contributed by atoms with Gasteiger partial charge in [0.15, 0.2) is 0 Å². The molecule has 1 unspecified atom stereocenters. The molecule has 15 nitrogen and oxygen atoms in total. The van der Waals surface area contributed by atoms with Crippen LogP contribution < -0.4 is 10.7 Å². The van der Waals surface area contributed by atoms with E-state index in [2.05, 4.69) is 66.1 Å². The zero-order valence-electron chi connectivity index (χ0n) is 44.9. The average molecular weight is 1000 g/mol. The predicted octanol–water partition coefficient (Wildman–Crippen LogP) is 6.89. The Morgan fingerprint density at radius 1 is 1.04 bits per heavy atom. The lowest BCUT2D eigenvalue weighted by molar-refractivity contribution is -0.155. The number of amides is 4. The van der Waals surface area contributed by atoms with Gasteiger partial charge >= 0.3 is 5.97 Å². The number of esters is 1. The zero-order valence-corrected chi connectivity index (χ0v) is 44.9. The van der Waals surface area contributed by atoms with Gasteiger partial charge in [0.25, 0.3) is 11.8 Å². The number of pyridine rings is 1. The Morgan fingerprint density at radius 2 is 1.79 bits per heavy atom. The maximum atomic E-state index is 15.0. The van der Waals surface area contributed by atoms with Gasteiger partial charge in [-0.1, -0.05) is 51.8 Å². The fraction of sp³-hybridized carbons (Fsp3) is 0.544. The van der Waals surface area contributed by atoms with Gasteiger partial charge in [0, 0.05) is 74.8 Å². The molecule has 16 heteroatoms. The predicted molar refractivity (Wildman–Crippen MR) is 280 cm³/mol. The van der Waals surface area contributed by atoms with Crippen molar-refractivity contribution in [1.82, 2.24) is 40.0 Å². The summed E-state index contributed by atoms with van der Waals surface area (Å²) in [6.07, 6.45) is 3.30. The third-order valence-corrected chi connectivity index (χ3v) is 15.0. The lowest BCUT2D eigenvalue weighted by Gasteiger charge is -2.37. The molecule has 2 fully saturated rings. The van der Waals surface area contributed by atoms with Crippen LogP contribution in [0.5, 0.6) is 0 Å². The molecule has 4 aromatic rings. The van der Waals surface area contributed by atoms with Gasteiger partial charge in [-0.05, 0) is 137 Å². The van der Waals surface area contributed by atoms with E-state index in [9.17, 15) is 24.0 Å². The smallest absolute Gasteiger partial charge is 0.324 e. The molecular formula is C57H75FN8O7. The van der Waals surface area contributed by atoms with Crippen molar-refractivity contribution in [3.8, 4) is 34.2 Å². The molecule has 3 aliphatic heterocycles. The molecule has 0 radical (unpaired) electrons. The normalized spacial score (nSPS) is 20.3. The number of halogens is 1. The van der Waals surface area contributed by atoms with Gasteiger partial charge in [0.2, 0.25) is 11.8 Å². The topological polar surface area (TPSA) is 159 Å². The molecule has 392 valence electrons. The van der Waals surface area contributed by atoms with Crippen LogP contribution in [0.4, 0.5) is 4.39 Å². The van der Waals surface area contributed by atoms with Crippen molar-refractivity contribution in [2.24, 2.45) is 17.3 Å². The van der Waals surface area contributed by atoms with E-state index in [4.69, 9.17) is 14.5 Å². The van der Waals surface area contributed by atoms with E-state index in [1.807, 2.05) is 77.9 Å². The van der Waals surface area contributed by atoms with Crippen LogP contribution >= 0.6 is 0 Å². The monoisotopic (exact) mass is 1000 g/mol. The van der Waals surface area contributed by atoms with Crippen molar-refractivity contribution in [3.05, 3.63) is 77.1 Å². The number of hydrogen-bond acceptors (Lipinski definition) is 10. The lowest BCUT2D eigenvalue weighted by Crippen LogP contribution is -2.62. The summed E-state index contributed by atoms with van der Waals surface area (Å²) in [4.78, 5) is 80.8. The summed E-state index contributed by atoms with van der Waals surface area (Å²) in [7, 11) is 7.03. The summed E-state index contributed by atoms with van der Waals surface area (Å²) in [5.41, 5.74) is 9.40. The van der Waals surface area contributed by atoms with Crippen LogP contribution in [0.3, 0.4) is 0 Å². The summed E-state index contributed by atoms with van der Waals surface area (Å²) in [5.74, 6) is 2.67. The second kappa shape index (κ2) is 22.5. The van der Waals surface area contributed by atoms with Crippen LogP contribution in [0.25, 0.3) is 33.3 Å². The molecule has 6 bridgehead atoms. The maximum absolute atomic E-state index is 15.0. The summed E-state index contributed by atoms with van der Waals surface area (Å²) in [6.45, 7) is 16.5. The number of rotatable bonds is 11. The molecule has 2 N–H and O–H groups in total. The van der Waals surface area contributed by atoms with E-state index >= 15 is 4.39 Å². The van der Waals surface area contributed by atoms with Crippen molar-refractivity contribution in [2.75, 3.05) is 54.5 Å². The molecule has 0 spiro atoms. The first-order valence-corrected chi connectivity index (χ1v) is 25.7. The Bertz CT molecular complexity index is 2790. The molecule has 0 saturated carbocycles. The van der Waals surface area contributed by atoms with Crippen molar-refractivity contribution in [3.63, 3.8) is 0 Å². The number of nitrogens with zero attached hydrogens (tertiary/aromatic N) is 6. The number of hydrazine groups is 1. The number of hydrogen-bond donors (Lipinski definition) is 2. The van der Waals surface area contributed by atoms with E-state index in [1.165, 1.54) is 9.91 Å². The molecule has 5 heterocycles. The fourth-order valence-corrected chi connectivity index (χ4v) is 10.4. The second-order valence-corrected chi connectivity index (χ2v) is 21.9. The van der Waals surface area contributed by atoms with Crippen molar-refractivity contribution >= 4 is 40.5 Å². The molecule has 4 amide bonds. The highest BCUT2D eigenvalue weighted by Crippen LogP contribution is 2.42. The van der Waals surface area contributed by atoms with Crippen LogP contribution in [0, 0.1) is 29.1 Å². The highest BCUT2D eigenvalue weighted by molar-refractivity contribution is 5.97. The van der Waals surface area contributed by atoms with E-state index in [-0.39, 0.29) is 50.0 Å². The third-order valence-electron chi connectivity index (χ3n) is 15.0. The molecule has 0 aliphatic carbocycles. The summed E-state index contributed by atoms with van der Waals surface area (Å²) in [5, 5.41) is 5.39. The summed E-state index contributed by atoms with van der Waals surface area (Å²) in [6, 6.07) is 12.7. The quantitative estimate of drug-likeness (QED) is 0.120. The number of carbonyl (C=O) groups excluding carboxylic acids is 5. The van der Waals surface area contributed by atoms with Crippen LogP contribution in [-0.4, -0.2) is 137 Å². The molecule has 73 heavy (non-hydrogen) atoms. The van der Waals surface area contributed by atoms with Gasteiger partial charge in [0.05, 0.1) is 35.6 Å². The molecule has 2 aromatic carbocycles. The first kappa shape index (κ1) is 54.6. The number of cyclic esters (lactones) is 1. The Kier molecular flexibility index (Phi) is 16.9. The Morgan fingerprint density at radius 3 is 2.48 bits per heavy atom. The standard InChI is InChI=1S/C57H75FN8O7/c1-13-65-47-19-18-39-30-43(47)44(51(65)42-16-14-23-59-49(42)36(4)72-12)31-56(5,6)34-73-55(71)45-17-15-24-66(61-45)54(70)46(29-37-26-38(32-58)28-41(39)27-37)60-52(68)50(35(2)3)63(11)53(69)40-21-25-64(33-40)48(67)20-22-57(7,8)62(9)10/h14,16,18-19,23,26-28,30,35-36,40,45-46,50,61H,13,15,17,21,24-25,29,31-34H2,1-12H3,(H,60,68)/t36-,40-,45-,46-,50?/m0/s1. The van der Waals surface area contributed by atoms with Crippen molar-refractivity contribution in [1.29, 1.82) is 0 Å². The number of benzene rings is 2. The summed E-state index contributed by atoms with van der Waals surface area (Å²) < 4.78 is 29.3. The number of likely N-dealkylation sites (N-methyl/N-ethyl adjacent to an activating group) is 1. The Hall–Kier alpha value is -6.15. The molecule has 2 saturated heterocycles. The maximum Gasteiger partial charge on any atom is 0.324 e. The number of carbonyl (C=O) groups is 5. The van der Waals surface area contributed by atoms with E-state index in [0.717, 1.165) is 44.5 Å². The number of alkyl halides is 1. The van der Waals surface area contributed by atoms with E-state index < -0.39 is 59.5 Å². The van der Waals surface area contributed by atoms with Crippen LogP contribution in [0.15, 0.2) is 54.7 Å². The number of aryl methyl sites for hydroxylation is 1. The number of likely N-dealkylation sites (tertiary alicyclic amines) is 1. The minimum Gasteiger partial charge on any atom is -0.464 e. The SMILES string of the molecule is CCn1c(-c2cccnc2[C@H](C)OC)c2c3cc(ccc31)-c1cc(CF)cc(c1)C[C@H](NC(=O)C(C(C)C)N(C)C(=O)[C@H]1CCN(C(=O)C#CC(C)(C)N(C)C)C1)C(=O)N1CCC[C@H](N1)C(=O)OCC(C)(C)C2. The minimum absolute atomic E-state index is 0.0218. The largest absolute Gasteiger partial charge is 0.464 e. The minimum atomic E-state index is -1.19. The number of fused-ring (bicyclic) bond motifs is 6. The van der Waals surface area contributed by atoms with Gasteiger partial charge in [-0.25, -0.2) is 9.82 Å². The number of aromatic nitrogens is 2. The fourth-order valence-electron chi connectivity index (χ4n) is 10.4. The van der Waals surface area contributed by atoms with Crippen LogP contribution in [0.2, 0.25) is 0 Å². The first-order valence-electron chi connectivity index (χ1n) is 25.7. The highest BCUT2D eigenvalue weighted by Gasteiger charge is 2.40. The van der Waals surface area contributed by atoms with Gasteiger partial charge in [-0.3, -0.25) is 38.9 Å². The van der Waals surface area contributed by atoms with Gasteiger partial charge in [-0.2, -0.15) is 0 Å². The summed E-state index contributed by atoms with van der Waals surface area (Å²) >= 11 is 0. The molecule has 7 rings (SSSR count). The Balaban J connectivity index is 1.27. The molecule has 5 atom stereocenters. The molecule has 2 aromatic heterocycles. The lowest BCUT2D eigenvalue weighted by atomic mass is 9.84. The second-order valence-electron chi connectivity index (χ2n) is 21.9. The van der Waals surface area contributed by atoms with Crippen molar-refractivity contribution in [2.45, 2.75) is 130 Å². The van der Waals surface area contributed by atoms with Gasteiger partial charge in [-0.15, -0.1) is 0 Å². The Labute approximate surface area is 430 Å². The number of ether oxygens (including phenoxy) is 2. The third kappa shape index (κ3) is 12.0. The molecule has 3 aliphatic rings. The van der Waals surface area contributed by atoms with E-state index in [1.54, 1.807) is 31.3 Å². The zero-order chi connectivity index (χ0) is 53.1. The molecular weight excluding hydrogens is 928 g/mol. The first-order chi connectivity index (χ1) is 34.6. The van der Waals surface area contributed by atoms with Crippen molar-refractivity contribution < 1.29 is 37.8 Å². The number of nitrogens with one attached hydrogen (secondary N) is 2.